The van der Waals surface area contributed by atoms with Crippen molar-refractivity contribution in [3.8, 4) is 0 Å². The monoisotopic (exact) mass is 300 g/mol. The normalized spacial score (nSPS) is 15.7. The van der Waals surface area contributed by atoms with Crippen LogP contribution in [0.15, 0.2) is 36.8 Å². The molecule has 0 spiro atoms. The number of nitrogens with zero attached hydrogens (tertiary/aromatic N) is 3. The van der Waals surface area contributed by atoms with E-state index in [1.54, 1.807) is 12.3 Å². The summed E-state index contributed by atoms with van der Waals surface area (Å²) in [7, 11) is 1.90. The van der Waals surface area contributed by atoms with Crippen molar-refractivity contribution in [3.05, 3.63) is 48.0 Å². The third-order valence-corrected chi connectivity index (χ3v) is 3.98. The van der Waals surface area contributed by atoms with Crippen LogP contribution in [0.3, 0.4) is 0 Å². The van der Waals surface area contributed by atoms with Gasteiger partial charge < -0.3 is 19.4 Å². The molecule has 0 saturated carbocycles. The van der Waals surface area contributed by atoms with Gasteiger partial charge in [-0.05, 0) is 24.6 Å². The molecule has 22 heavy (non-hydrogen) atoms. The first-order chi connectivity index (χ1) is 10.6. The van der Waals surface area contributed by atoms with E-state index in [1.165, 1.54) is 0 Å². The van der Waals surface area contributed by atoms with Gasteiger partial charge in [-0.15, -0.1) is 0 Å². The summed E-state index contributed by atoms with van der Waals surface area (Å²) in [4.78, 5) is 31.4. The molecule has 3 rings (SSSR count). The van der Waals surface area contributed by atoms with Crippen molar-refractivity contribution in [2.75, 3.05) is 26.2 Å². The van der Waals surface area contributed by atoms with Crippen molar-refractivity contribution in [1.29, 1.82) is 0 Å². The maximum absolute atomic E-state index is 12.5. The second kappa shape index (κ2) is 6.09. The van der Waals surface area contributed by atoms with Gasteiger partial charge in [0.1, 0.15) is 5.69 Å². The lowest BCUT2D eigenvalue weighted by Crippen LogP contribution is -2.37. The fraction of sp³-hybridized carbons (Fsp3) is 0.375. The van der Waals surface area contributed by atoms with Gasteiger partial charge in [0.05, 0.1) is 5.56 Å². The molecule has 0 radical (unpaired) electrons. The van der Waals surface area contributed by atoms with E-state index in [0.717, 1.165) is 6.42 Å². The quantitative estimate of drug-likeness (QED) is 0.910. The maximum Gasteiger partial charge on any atom is 0.270 e. The van der Waals surface area contributed by atoms with Crippen molar-refractivity contribution < 1.29 is 9.59 Å². The number of aromatic amines is 1. The largest absolute Gasteiger partial charge is 0.357 e. The molecule has 3 heterocycles. The Morgan fingerprint density at radius 2 is 1.77 bits per heavy atom. The molecule has 1 saturated heterocycles. The zero-order valence-corrected chi connectivity index (χ0v) is 12.7. The standard InChI is InChI=1S/C16H20N4O2/c1-18-9-5-13(12-18)15(21)19-7-3-8-20(11-10-19)16(22)14-4-2-6-17-14/h2,4-6,9,12,17H,3,7-8,10-11H2,1H3. The van der Waals surface area contributed by atoms with Crippen LogP contribution in [0.2, 0.25) is 0 Å². The minimum Gasteiger partial charge on any atom is -0.357 e. The van der Waals surface area contributed by atoms with Crippen LogP contribution >= 0.6 is 0 Å². The number of carbonyl (C=O) groups is 2. The van der Waals surface area contributed by atoms with E-state index >= 15 is 0 Å². The van der Waals surface area contributed by atoms with E-state index in [2.05, 4.69) is 4.98 Å². The number of carbonyl (C=O) groups excluding carboxylic acids is 2. The van der Waals surface area contributed by atoms with E-state index in [9.17, 15) is 9.59 Å². The number of amides is 2. The zero-order valence-electron chi connectivity index (χ0n) is 12.7. The topological polar surface area (TPSA) is 61.3 Å². The van der Waals surface area contributed by atoms with Crippen molar-refractivity contribution in [2.24, 2.45) is 7.05 Å². The summed E-state index contributed by atoms with van der Waals surface area (Å²) in [6, 6.07) is 5.42. The molecule has 116 valence electrons. The number of aromatic nitrogens is 2. The average Bonchev–Trinajstić information content (AvgIpc) is 3.13. The Morgan fingerprint density at radius 1 is 1.05 bits per heavy atom. The van der Waals surface area contributed by atoms with Crippen molar-refractivity contribution in [1.82, 2.24) is 19.4 Å². The van der Waals surface area contributed by atoms with Gasteiger partial charge in [0.15, 0.2) is 0 Å². The molecule has 0 aromatic carbocycles. The molecule has 6 heteroatoms. The number of H-pyrrole nitrogens is 1. The molecular formula is C16H20N4O2. The highest BCUT2D eigenvalue weighted by atomic mass is 16.2. The van der Waals surface area contributed by atoms with Crippen LogP contribution in [-0.2, 0) is 7.05 Å². The predicted molar refractivity (Wildman–Crippen MR) is 82.6 cm³/mol. The molecule has 6 nitrogen and oxygen atoms in total. The van der Waals surface area contributed by atoms with Gasteiger partial charge in [-0.2, -0.15) is 0 Å². The molecule has 1 aliphatic heterocycles. The lowest BCUT2D eigenvalue weighted by molar-refractivity contribution is 0.0716. The minimum atomic E-state index is -0.000917. The maximum atomic E-state index is 12.5. The smallest absolute Gasteiger partial charge is 0.270 e. The van der Waals surface area contributed by atoms with Crippen LogP contribution in [0.4, 0.5) is 0 Å². The van der Waals surface area contributed by atoms with Gasteiger partial charge in [-0.25, -0.2) is 0 Å². The number of nitrogens with one attached hydrogen (secondary N) is 1. The van der Waals surface area contributed by atoms with Crippen molar-refractivity contribution in [3.63, 3.8) is 0 Å². The number of aryl methyl sites for hydroxylation is 1. The van der Waals surface area contributed by atoms with Gasteiger partial charge in [0, 0.05) is 51.8 Å². The first-order valence-electron chi connectivity index (χ1n) is 7.49. The van der Waals surface area contributed by atoms with Crippen LogP contribution in [-0.4, -0.2) is 57.3 Å². The third-order valence-electron chi connectivity index (χ3n) is 3.98. The van der Waals surface area contributed by atoms with Gasteiger partial charge >= 0.3 is 0 Å². The highest BCUT2D eigenvalue weighted by Gasteiger charge is 2.24. The van der Waals surface area contributed by atoms with Crippen LogP contribution in [0.25, 0.3) is 0 Å². The zero-order chi connectivity index (χ0) is 15.5. The fourth-order valence-electron chi connectivity index (χ4n) is 2.77. The molecule has 1 fully saturated rings. The fourth-order valence-corrected chi connectivity index (χ4v) is 2.77. The van der Waals surface area contributed by atoms with Crippen LogP contribution in [0, 0.1) is 0 Å². The first kappa shape index (κ1) is 14.4. The van der Waals surface area contributed by atoms with Crippen molar-refractivity contribution >= 4 is 11.8 Å². The summed E-state index contributed by atoms with van der Waals surface area (Å²) in [6.45, 7) is 2.50. The van der Waals surface area contributed by atoms with Crippen LogP contribution in [0.1, 0.15) is 27.3 Å². The Balaban J connectivity index is 1.65. The lowest BCUT2D eigenvalue weighted by Gasteiger charge is -2.21. The van der Waals surface area contributed by atoms with Gasteiger partial charge in [-0.1, -0.05) is 0 Å². The van der Waals surface area contributed by atoms with E-state index in [4.69, 9.17) is 0 Å². The molecule has 0 unspecified atom stereocenters. The Bertz CT molecular complexity index is 660. The lowest BCUT2D eigenvalue weighted by atomic mass is 10.3. The highest BCUT2D eigenvalue weighted by molar-refractivity contribution is 5.94. The third kappa shape index (κ3) is 2.90. The minimum absolute atomic E-state index is 0.000917. The Morgan fingerprint density at radius 3 is 2.36 bits per heavy atom. The van der Waals surface area contributed by atoms with Gasteiger partial charge in [0.25, 0.3) is 11.8 Å². The van der Waals surface area contributed by atoms with Crippen molar-refractivity contribution in [2.45, 2.75) is 6.42 Å². The second-order valence-electron chi connectivity index (χ2n) is 5.59. The molecule has 0 atom stereocenters. The summed E-state index contributed by atoms with van der Waals surface area (Å²) in [6.07, 6.45) is 6.24. The molecule has 1 N–H and O–H groups in total. The Kier molecular flexibility index (Phi) is 4.00. The van der Waals surface area contributed by atoms with Crippen LogP contribution in [0.5, 0.6) is 0 Å². The van der Waals surface area contributed by atoms with Crippen LogP contribution < -0.4 is 0 Å². The summed E-state index contributed by atoms with van der Waals surface area (Å²) in [5, 5.41) is 0. The SMILES string of the molecule is Cn1ccc(C(=O)N2CCCN(C(=O)c3ccc[nH]3)CC2)c1. The second-order valence-corrected chi connectivity index (χ2v) is 5.59. The molecule has 2 amide bonds. The van der Waals surface area contributed by atoms with Gasteiger partial charge in [0.2, 0.25) is 0 Å². The summed E-state index contributed by atoms with van der Waals surface area (Å²) < 4.78 is 1.87. The summed E-state index contributed by atoms with van der Waals surface area (Å²) in [5.74, 6) is 0.0359. The Labute approximate surface area is 129 Å². The number of hydrogen-bond acceptors (Lipinski definition) is 2. The Hall–Kier alpha value is -2.50. The molecular weight excluding hydrogens is 280 g/mol. The molecule has 1 aliphatic rings. The predicted octanol–water partition coefficient (Wildman–Crippen LogP) is 1.34. The highest BCUT2D eigenvalue weighted by Crippen LogP contribution is 2.11. The first-order valence-corrected chi connectivity index (χ1v) is 7.49. The summed E-state index contributed by atoms with van der Waals surface area (Å²) in [5.41, 5.74) is 1.30. The van der Waals surface area contributed by atoms with Gasteiger partial charge in [-0.3, -0.25) is 9.59 Å². The molecule has 2 aromatic heterocycles. The average molecular weight is 300 g/mol. The van der Waals surface area contributed by atoms with E-state index < -0.39 is 0 Å². The molecule has 0 bridgehead atoms. The van der Waals surface area contributed by atoms with E-state index in [1.807, 2.05) is 45.9 Å². The summed E-state index contributed by atoms with van der Waals surface area (Å²) >= 11 is 0. The molecule has 0 aliphatic carbocycles. The van der Waals surface area contributed by atoms with E-state index in [0.29, 0.717) is 37.4 Å². The number of rotatable bonds is 2. The molecule has 2 aromatic rings. The van der Waals surface area contributed by atoms with E-state index in [-0.39, 0.29) is 11.8 Å². The number of hydrogen-bond donors (Lipinski definition) is 1.